The Morgan fingerprint density at radius 2 is 2.22 bits per heavy atom. The van der Waals surface area contributed by atoms with Crippen LogP contribution in [-0.2, 0) is 14.6 Å². The minimum atomic E-state index is -2.92. The molecule has 1 aromatic heterocycles. The van der Waals surface area contributed by atoms with E-state index in [0.29, 0.717) is 12.2 Å². The van der Waals surface area contributed by atoms with Crippen molar-refractivity contribution in [3.8, 4) is 0 Å². The SMILES string of the molecule is Cc1[nH]nc(NC(=O)CC2CCS(=O)(=O)C2)c1C. The van der Waals surface area contributed by atoms with Gasteiger partial charge in [-0.2, -0.15) is 5.10 Å². The first kappa shape index (κ1) is 13.1. The molecule has 1 aliphatic rings. The van der Waals surface area contributed by atoms with Crippen molar-refractivity contribution in [2.24, 2.45) is 5.92 Å². The van der Waals surface area contributed by atoms with Crippen LogP contribution < -0.4 is 5.32 Å². The zero-order valence-corrected chi connectivity index (χ0v) is 11.3. The lowest BCUT2D eigenvalue weighted by Crippen LogP contribution is -2.18. The van der Waals surface area contributed by atoms with Crippen LogP contribution in [0.1, 0.15) is 24.1 Å². The summed E-state index contributed by atoms with van der Waals surface area (Å²) in [6.45, 7) is 3.75. The van der Waals surface area contributed by atoms with Crippen molar-refractivity contribution in [3.63, 3.8) is 0 Å². The van der Waals surface area contributed by atoms with Gasteiger partial charge in [0, 0.05) is 17.7 Å². The van der Waals surface area contributed by atoms with Gasteiger partial charge in [-0.15, -0.1) is 0 Å². The molecule has 1 aromatic rings. The first-order valence-electron chi connectivity index (χ1n) is 5.89. The second-order valence-corrected chi connectivity index (χ2v) is 7.07. The van der Waals surface area contributed by atoms with Gasteiger partial charge >= 0.3 is 0 Å². The molecule has 1 amide bonds. The highest BCUT2D eigenvalue weighted by Crippen LogP contribution is 2.22. The number of aromatic nitrogens is 2. The van der Waals surface area contributed by atoms with Gasteiger partial charge in [-0.05, 0) is 26.2 Å². The summed E-state index contributed by atoms with van der Waals surface area (Å²) in [5.41, 5.74) is 1.82. The van der Waals surface area contributed by atoms with Gasteiger partial charge in [-0.1, -0.05) is 0 Å². The van der Waals surface area contributed by atoms with Crippen molar-refractivity contribution in [1.29, 1.82) is 0 Å². The molecule has 0 aromatic carbocycles. The molecular formula is C11H17N3O3S. The molecule has 1 aliphatic heterocycles. The Bertz CT molecular complexity index is 562. The van der Waals surface area contributed by atoms with Gasteiger partial charge in [0.1, 0.15) is 0 Å². The third-order valence-electron chi connectivity index (χ3n) is 3.31. The van der Waals surface area contributed by atoms with Crippen LogP contribution in [0.4, 0.5) is 5.82 Å². The first-order chi connectivity index (χ1) is 8.37. The van der Waals surface area contributed by atoms with Gasteiger partial charge in [0.25, 0.3) is 0 Å². The Hall–Kier alpha value is -1.37. The van der Waals surface area contributed by atoms with E-state index in [1.54, 1.807) is 0 Å². The van der Waals surface area contributed by atoms with Crippen LogP contribution in [0.3, 0.4) is 0 Å². The molecular weight excluding hydrogens is 254 g/mol. The Balaban J connectivity index is 1.92. The molecule has 1 fully saturated rings. The monoisotopic (exact) mass is 271 g/mol. The lowest BCUT2D eigenvalue weighted by molar-refractivity contribution is -0.116. The average molecular weight is 271 g/mol. The summed E-state index contributed by atoms with van der Waals surface area (Å²) in [7, 11) is -2.92. The Kier molecular flexibility index (Phi) is 3.43. The maximum atomic E-state index is 11.8. The van der Waals surface area contributed by atoms with Gasteiger partial charge in [0.2, 0.25) is 5.91 Å². The predicted molar refractivity (Wildman–Crippen MR) is 68.1 cm³/mol. The number of rotatable bonds is 3. The third-order valence-corrected chi connectivity index (χ3v) is 5.15. The Morgan fingerprint density at radius 3 is 2.72 bits per heavy atom. The fourth-order valence-corrected chi connectivity index (χ4v) is 3.95. The topological polar surface area (TPSA) is 91.9 Å². The van der Waals surface area contributed by atoms with E-state index in [0.717, 1.165) is 11.3 Å². The summed E-state index contributed by atoms with van der Waals surface area (Å²) in [6, 6.07) is 0. The number of carbonyl (C=O) groups excluding carboxylic acids is 1. The molecule has 1 unspecified atom stereocenters. The summed E-state index contributed by atoms with van der Waals surface area (Å²) < 4.78 is 22.6. The van der Waals surface area contributed by atoms with Crippen LogP contribution in [-0.4, -0.2) is 36.0 Å². The third kappa shape index (κ3) is 2.90. The lowest BCUT2D eigenvalue weighted by Gasteiger charge is -2.07. The molecule has 2 heterocycles. The molecule has 6 nitrogen and oxygen atoms in total. The molecule has 18 heavy (non-hydrogen) atoms. The van der Waals surface area contributed by atoms with Crippen molar-refractivity contribution < 1.29 is 13.2 Å². The van der Waals surface area contributed by atoms with Gasteiger partial charge in [-0.3, -0.25) is 9.89 Å². The first-order valence-corrected chi connectivity index (χ1v) is 7.71. The van der Waals surface area contributed by atoms with E-state index in [-0.39, 0.29) is 29.8 Å². The van der Waals surface area contributed by atoms with Crippen molar-refractivity contribution in [2.45, 2.75) is 26.7 Å². The molecule has 0 aliphatic carbocycles. The standard InChI is InChI=1S/C11H17N3O3S/c1-7-8(2)13-14-11(7)12-10(15)5-9-3-4-18(16,17)6-9/h9H,3-6H2,1-2H3,(H2,12,13,14,15). The van der Waals surface area contributed by atoms with E-state index in [9.17, 15) is 13.2 Å². The fraction of sp³-hybridized carbons (Fsp3) is 0.636. The van der Waals surface area contributed by atoms with E-state index in [2.05, 4.69) is 15.5 Å². The molecule has 2 N–H and O–H groups in total. The number of nitrogens with one attached hydrogen (secondary N) is 2. The number of H-pyrrole nitrogens is 1. The molecule has 0 radical (unpaired) electrons. The number of aryl methyl sites for hydroxylation is 1. The largest absolute Gasteiger partial charge is 0.309 e. The molecule has 0 spiro atoms. The summed E-state index contributed by atoms with van der Waals surface area (Å²) in [4.78, 5) is 11.8. The van der Waals surface area contributed by atoms with Crippen LogP contribution in [0.5, 0.6) is 0 Å². The van der Waals surface area contributed by atoms with Crippen molar-refractivity contribution >= 4 is 21.6 Å². The smallest absolute Gasteiger partial charge is 0.225 e. The predicted octanol–water partition coefficient (Wildman–Crippen LogP) is 0.790. The van der Waals surface area contributed by atoms with Crippen molar-refractivity contribution in [1.82, 2.24) is 10.2 Å². The van der Waals surface area contributed by atoms with Crippen LogP contribution in [0.15, 0.2) is 0 Å². The lowest BCUT2D eigenvalue weighted by atomic mass is 10.1. The van der Waals surface area contributed by atoms with Crippen molar-refractivity contribution in [2.75, 3.05) is 16.8 Å². The number of aromatic amines is 1. The number of nitrogens with zero attached hydrogens (tertiary/aromatic N) is 1. The number of amides is 1. The highest BCUT2D eigenvalue weighted by atomic mass is 32.2. The van der Waals surface area contributed by atoms with E-state index < -0.39 is 9.84 Å². The minimum Gasteiger partial charge on any atom is -0.309 e. The van der Waals surface area contributed by atoms with Crippen LogP contribution >= 0.6 is 0 Å². The summed E-state index contributed by atoms with van der Waals surface area (Å²) in [5, 5.41) is 9.48. The van der Waals surface area contributed by atoms with Crippen molar-refractivity contribution in [3.05, 3.63) is 11.3 Å². The van der Waals surface area contributed by atoms with Gasteiger partial charge in [0.05, 0.1) is 11.5 Å². The number of sulfone groups is 1. The van der Waals surface area contributed by atoms with E-state index in [4.69, 9.17) is 0 Å². The maximum absolute atomic E-state index is 11.8. The fourth-order valence-electron chi connectivity index (χ4n) is 2.09. The molecule has 100 valence electrons. The van der Waals surface area contributed by atoms with Gasteiger partial charge in [0.15, 0.2) is 15.7 Å². The minimum absolute atomic E-state index is 0.0599. The second kappa shape index (κ2) is 4.72. The number of anilines is 1. The van der Waals surface area contributed by atoms with Crippen LogP contribution in [0.2, 0.25) is 0 Å². The molecule has 7 heteroatoms. The van der Waals surface area contributed by atoms with Crippen LogP contribution in [0.25, 0.3) is 0 Å². The molecule has 1 atom stereocenters. The van der Waals surface area contributed by atoms with E-state index in [1.165, 1.54) is 0 Å². The quantitative estimate of drug-likeness (QED) is 0.850. The highest BCUT2D eigenvalue weighted by molar-refractivity contribution is 7.91. The van der Waals surface area contributed by atoms with E-state index >= 15 is 0 Å². The zero-order chi connectivity index (χ0) is 13.3. The summed E-state index contributed by atoms with van der Waals surface area (Å²) in [6.07, 6.45) is 0.818. The Labute approximate surface area is 106 Å². The molecule has 0 saturated carbocycles. The maximum Gasteiger partial charge on any atom is 0.225 e. The van der Waals surface area contributed by atoms with E-state index in [1.807, 2.05) is 13.8 Å². The Morgan fingerprint density at radius 1 is 1.50 bits per heavy atom. The van der Waals surface area contributed by atoms with Crippen LogP contribution in [0, 0.1) is 19.8 Å². The number of carbonyl (C=O) groups is 1. The number of hydrogen-bond acceptors (Lipinski definition) is 4. The van der Waals surface area contributed by atoms with Gasteiger partial charge < -0.3 is 5.32 Å². The normalized spacial score (nSPS) is 22.0. The zero-order valence-electron chi connectivity index (χ0n) is 10.5. The molecule has 1 saturated heterocycles. The average Bonchev–Trinajstić information content (AvgIpc) is 2.75. The number of hydrogen-bond donors (Lipinski definition) is 2. The summed E-state index contributed by atoms with van der Waals surface area (Å²) in [5.74, 6) is 0.616. The van der Waals surface area contributed by atoms with Gasteiger partial charge in [-0.25, -0.2) is 8.42 Å². The molecule has 2 rings (SSSR count). The summed E-state index contributed by atoms with van der Waals surface area (Å²) >= 11 is 0. The second-order valence-electron chi connectivity index (χ2n) is 4.84. The molecule has 0 bridgehead atoms. The highest BCUT2D eigenvalue weighted by Gasteiger charge is 2.29.